The summed E-state index contributed by atoms with van der Waals surface area (Å²) < 4.78 is 10.5. The van der Waals surface area contributed by atoms with Crippen LogP contribution in [0, 0.1) is 0 Å². The van der Waals surface area contributed by atoms with E-state index in [1.54, 1.807) is 37.1 Å². The minimum Gasteiger partial charge on any atom is -0.449 e. The van der Waals surface area contributed by atoms with Gasteiger partial charge in [0.2, 0.25) is 0 Å². The molecule has 28 heavy (non-hydrogen) atoms. The number of carbonyl (C=O) groups is 2. The van der Waals surface area contributed by atoms with Crippen molar-refractivity contribution in [3.63, 3.8) is 0 Å². The molecule has 1 saturated heterocycles. The van der Waals surface area contributed by atoms with Crippen LogP contribution in [0.15, 0.2) is 54.6 Å². The minimum atomic E-state index is -0.818. The first-order valence-electron chi connectivity index (χ1n) is 9.46. The number of carbonyl (C=O) groups excluding carboxylic acids is 2. The van der Waals surface area contributed by atoms with Crippen LogP contribution in [0.4, 0.5) is 5.69 Å². The summed E-state index contributed by atoms with van der Waals surface area (Å²) in [6.07, 6.45) is -0.818. The number of methoxy groups -OCH3 is 1. The van der Waals surface area contributed by atoms with Crippen molar-refractivity contribution in [3.8, 4) is 0 Å². The third-order valence-electron chi connectivity index (χ3n) is 4.82. The van der Waals surface area contributed by atoms with Crippen LogP contribution in [0.25, 0.3) is 0 Å². The predicted octanol–water partition coefficient (Wildman–Crippen LogP) is 2.73. The molecule has 148 valence electrons. The molecule has 0 aromatic heterocycles. The molecule has 2 aromatic carbocycles. The summed E-state index contributed by atoms with van der Waals surface area (Å²) in [5.41, 5.74) is 2.46. The highest BCUT2D eigenvalue weighted by atomic mass is 16.5. The van der Waals surface area contributed by atoms with Gasteiger partial charge in [0.15, 0.2) is 6.10 Å². The fraction of sp³-hybridized carbons (Fsp3) is 0.364. The smallest absolute Gasteiger partial charge is 0.338 e. The van der Waals surface area contributed by atoms with E-state index >= 15 is 0 Å². The van der Waals surface area contributed by atoms with Crippen LogP contribution >= 0.6 is 0 Å². The summed E-state index contributed by atoms with van der Waals surface area (Å²) in [6, 6.07) is 17.2. The molecule has 0 spiro atoms. The summed E-state index contributed by atoms with van der Waals surface area (Å²) in [6.45, 7) is 4.78. The number of rotatable bonds is 6. The maximum atomic E-state index is 12.7. The van der Waals surface area contributed by atoms with Crippen LogP contribution < -0.4 is 4.90 Å². The molecule has 0 saturated carbocycles. The Hall–Kier alpha value is -2.86. The molecule has 1 fully saturated rings. The number of hydrogen-bond acceptors (Lipinski definition) is 5. The first-order chi connectivity index (χ1) is 13.6. The Morgan fingerprint density at radius 1 is 1.00 bits per heavy atom. The van der Waals surface area contributed by atoms with Gasteiger partial charge in [-0.3, -0.25) is 4.79 Å². The van der Waals surface area contributed by atoms with E-state index in [-0.39, 0.29) is 5.91 Å². The fourth-order valence-electron chi connectivity index (χ4n) is 3.31. The van der Waals surface area contributed by atoms with Crippen molar-refractivity contribution in [1.29, 1.82) is 0 Å². The second-order valence-electron chi connectivity index (χ2n) is 6.83. The Morgan fingerprint density at radius 3 is 2.39 bits per heavy atom. The quantitative estimate of drug-likeness (QED) is 0.719. The molecule has 1 aliphatic rings. The fourth-order valence-corrected chi connectivity index (χ4v) is 3.31. The van der Waals surface area contributed by atoms with Gasteiger partial charge in [-0.25, -0.2) is 4.79 Å². The van der Waals surface area contributed by atoms with Crippen molar-refractivity contribution in [2.45, 2.75) is 19.6 Å². The monoisotopic (exact) mass is 382 g/mol. The van der Waals surface area contributed by atoms with Crippen molar-refractivity contribution < 1.29 is 19.1 Å². The Morgan fingerprint density at radius 2 is 1.71 bits per heavy atom. The van der Waals surface area contributed by atoms with Gasteiger partial charge in [0.25, 0.3) is 5.91 Å². The van der Waals surface area contributed by atoms with E-state index in [1.807, 2.05) is 24.3 Å². The Balaban J connectivity index is 1.53. The molecule has 0 unspecified atom stereocenters. The van der Waals surface area contributed by atoms with Gasteiger partial charge in [-0.2, -0.15) is 0 Å². The molecule has 1 amide bonds. The Labute approximate surface area is 165 Å². The largest absolute Gasteiger partial charge is 0.449 e. The van der Waals surface area contributed by atoms with E-state index in [1.165, 1.54) is 0 Å². The van der Waals surface area contributed by atoms with Crippen LogP contribution in [0.2, 0.25) is 0 Å². The Kier molecular flexibility index (Phi) is 6.66. The first-order valence-corrected chi connectivity index (χ1v) is 9.46. The van der Waals surface area contributed by atoms with E-state index in [2.05, 4.69) is 17.0 Å². The molecule has 1 atom stereocenters. The SMILES string of the molecule is COCc1cccc(C(=O)O[C@H](C)C(=O)N2CCN(c3ccccc3)CC2)c1. The number of hydrogen-bond donors (Lipinski definition) is 0. The van der Waals surface area contributed by atoms with Crippen molar-refractivity contribution >= 4 is 17.6 Å². The highest BCUT2D eigenvalue weighted by Gasteiger charge is 2.27. The Bertz CT molecular complexity index is 801. The normalized spacial score (nSPS) is 15.2. The highest BCUT2D eigenvalue weighted by molar-refractivity contribution is 5.92. The van der Waals surface area contributed by atoms with E-state index in [0.717, 1.165) is 24.3 Å². The number of anilines is 1. The molecule has 0 radical (unpaired) electrons. The van der Waals surface area contributed by atoms with E-state index < -0.39 is 12.1 Å². The lowest BCUT2D eigenvalue weighted by Crippen LogP contribution is -2.51. The average Bonchev–Trinajstić information content (AvgIpc) is 2.74. The summed E-state index contributed by atoms with van der Waals surface area (Å²) in [5.74, 6) is -0.657. The molecule has 6 heteroatoms. The topological polar surface area (TPSA) is 59.1 Å². The zero-order valence-electron chi connectivity index (χ0n) is 16.3. The van der Waals surface area contributed by atoms with Crippen molar-refractivity contribution in [2.75, 3.05) is 38.2 Å². The van der Waals surface area contributed by atoms with Gasteiger partial charge in [-0.15, -0.1) is 0 Å². The molecular formula is C22H26N2O4. The molecule has 0 bridgehead atoms. The first kappa shape index (κ1) is 19.9. The number of nitrogens with zero attached hydrogens (tertiary/aromatic N) is 2. The molecule has 6 nitrogen and oxygen atoms in total. The van der Waals surface area contributed by atoms with Gasteiger partial charge in [0, 0.05) is 39.0 Å². The molecule has 1 aliphatic heterocycles. The lowest BCUT2D eigenvalue weighted by atomic mass is 10.1. The summed E-state index contributed by atoms with van der Waals surface area (Å²) in [5, 5.41) is 0. The van der Waals surface area contributed by atoms with Gasteiger partial charge < -0.3 is 19.3 Å². The van der Waals surface area contributed by atoms with Crippen LogP contribution in [0.5, 0.6) is 0 Å². The van der Waals surface area contributed by atoms with E-state index in [4.69, 9.17) is 9.47 Å². The second-order valence-corrected chi connectivity index (χ2v) is 6.83. The number of esters is 1. The molecule has 0 aliphatic carbocycles. The van der Waals surface area contributed by atoms with E-state index in [0.29, 0.717) is 25.3 Å². The maximum absolute atomic E-state index is 12.7. The standard InChI is InChI=1S/C22H26N2O4/c1-17(28-22(26)19-8-6-7-18(15-19)16-27-2)21(25)24-13-11-23(12-14-24)20-9-4-3-5-10-20/h3-10,15,17H,11-14,16H2,1-2H3/t17-/m1/s1. The van der Waals surface area contributed by atoms with Gasteiger partial charge in [0.05, 0.1) is 12.2 Å². The summed E-state index contributed by atoms with van der Waals surface area (Å²) >= 11 is 0. The lowest BCUT2D eigenvalue weighted by Gasteiger charge is -2.37. The highest BCUT2D eigenvalue weighted by Crippen LogP contribution is 2.17. The van der Waals surface area contributed by atoms with Crippen molar-refractivity contribution in [1.82, 2.24) is 4.90 Å². The molecule has 3 rings (SSSR count). The third kappa shape index (κ3) is 4.89. The minimum absolute atomic E-state index is 0.158. The lowest BCUT2D eigenvalue weighted by molar-refractivity contribution is -0.140. The van der Waals surface area contributed by atoms with Gasteiger partial charge >= 0.3 is 5.97 Å². The number of benzene rings is 2. The predicted molar refractivity (Wildman–Crippen MR) is 107 cm³/mol. The van der Waals surface area contributed by atoms with Gasteiger partial charge in [-0.05, 0) is 36.8 Å². The van der Waals surface area contributed by atoms with Gasteiger partial charge in [-0.1, -0.05) is 30.3 Å². The molecule has 1 heterocycles. The summed E-state index contributed by atoms with van der Waals surface area (Å²) in [7, 11) is 1.60. The van der Waals surface area contributed by atoms with Crippen LogP contribution in [-0.2, 0) is 20.9 Å². The molecular weight excluding hydrogens is 356 g/mol. The zero-order valence-corrected chi connectivity index (χ0v) is 16.3. The van der Waals surface area contributed by atoms with Crippen LogP contribution in [0.1, 0.15) is 22.8 Å². The number of amides is 1. The number of para-hydroxylation sites is 1. The van der Waals surface area contributed by atoms with Crippen LogP contribution in [-0.4, -0.2) is 56.2 Å². The second kappa shape index (κ2) is 9.37. The van der Waals surface area contributed by atoms with Crippen molar-refractivity contribution in [3.05, 3.63) is 65.7 Å². The third-order valence-corrected chi connectivity index (χ3v) is 4.82. The van der Waals surface area contributed by atoms with E-state index in [9.17, 15) is 9.59 Å². The number of piperazine rings is 1. The molecule has 0 N–H and O–H groups in total. The van der Waals surface area contributed by atoms with Crippen LogP contribution in [0.3, 0.4) is 0 Å². The number of ether oxygens (including phenoxy) is 2. The zero-order chi connectivity index (χ0) is 19.9. The average molecular weight is 382 g/mol. The van der Waals surface area contributed by atoms with Crippen molar-refractivity contribution in [2.24, 2.45) is 0 Å². The molecule has 2 aromatic rings. The summed E-state index contributed by atoms with van der Waals surface area (Å²) in [4.78, 5) is 29.1. The van der Waals surface area contributed by atoms with Gasteiger partial charge in [0.1, 0.15) is 0 Å². The maximum Gasteiger partial charge on any atom is 0.338 e.